The van der Waals surface area contributed by atoms with Crippen molar-refractivity contribution in [2.45, 2.75) is 70.3 Å². The molecule has 24 heavy (non-hydrogen) atoms. The Morgan fingerprint density at radius 3 is 2.83 bits per heavy atom. The topological polar surface area (TPSA) is 57.6 Å². The first-order valence-electron chi connectivity index (χ1n) is 9.42. The van der Waals surface area contributed by atoms with Gasteiger partial charge in [-0.15, -0.1) is 0 Å². The second-order valence-corrected chi connectivity index (χ2v) is 8.18. The van der Waals surface area contributed by atoms with Gasteiger partial charge in [-0.3, -0.25) is 9.59 Å². The number of nitrogens with zero attached hydrogens (tertiary/aromatic N) is 1. The van der Waals surface area contributed by atoms with E-state index in [2.05, 4.69) is 12.2 Å². The summed E-state index contributed by atoms with van der Waals surface area (Å²) in [5.74, 6) is 2.31. The van der Waals surface area contributed by atoms with Crippen molar-refractivity contribution in [1.29, 1.82) is 0 Å². The molecule has 0 bridgehead atoms. The molecule has 136 valence electrons. The molecule has 1 heterocycles. The summed E-state index contributed by atoms with van der Waals surface area (Å²) in [5, 5.41) is 8.63. The number of carboxylic acid groups (broad SMARTS) is 1. The monoisotopic (exact) mass is 353 g/mol. The fraction of sp³-hybridized carbons (Fsp3) is 0.789. The maximum absolute atomic E-state index is 12.2. The Bertz CT molecular complexity index is 434. The number of likely N-dealkylation sites (tertiary alicyclic amines) is 1. The van der Waals surface area contributed by atoms with E-state index < -0.39 is 5.97 Å². The van der Waals surface area contributed by atoms with Gasteiger partial charge in [-0.1, -0.05) is 31.4 Å². The first-order valence-corrected chi connectivity index (χ1v) is 10.6. The number of hydrogen-bond acceptors (Lipinski definition) is 3. The molecule has 0 radical (unpaired) electrons. The van der Waals surface area contributed by atoms with E-state index in [9.17, 15) is 9.59 Å². The fourth-order valence-corrected chi connectivity index (χ4v) is 4.09. The highest BCUT2D eigenvalue weighted by atomic mass is 32.2. The summed E-state index contributed by atoms with van der Waals surface area (Å²) < 4.78 is 0. The number of rotatable bonds is 12. The summed E-state index contributed by atoms with van der Waals surface area (Å²) in [5.41, 5.74) is 0. The number of allylic oxidation sites excluding steroid dienone is 1. The van der Waals surface area contributed by atoms with E-state index in [4.69, 9.17) is 5.11 Å². The molecule has 1 aliphatic heterocycles. The smallest absolute Gasteiger partial charge is 0.303 e. The molecule has 1 unspecified atom stereocenters. The number of unbranched alkanes of at least 4 members (excludes halogenated alkanes) is 1. The predicted molar refractivity (Wildman–Crippen MR) is 99.3 cm³/mol. The standard InChI is InChI=1S/C19H31NO3S/c21-18-9-4-8-17(7-3-1-2-6-16-11-12-16)20(18)13-15-24-14-5-10-19(22)23/h3,7,16-17H,1-2,4-6,8-15H2,(H,22,23)/b7-3+. The minimum Gasteiger partial charge on any atom is -0.481 e. The van der Waals surface area contributed by atoms with Gasteiger partial charge in [-0.05, 0) is 43.8 Å². The molecular weight excluding hydrogens is 322 g/mol. The van der Waals surface area contributed by atoms with E-state index in [-0.39, 0.29) is 18.4 Å². The number of carbonyl (C=O) groups excluding carboxylic acids is 1. The Labute approximate surface area is 150 Å². The highest BCUT2D eigenvalue weighted by Crippen LogP contribution is 2.33. The van der Waals surface area contributed by atoms with Crippen LogP contribution in [0.4, 0.5) is 0 Å². The van der Waals surface area contributed by atoms with Gasteiger partial charge in [0.2, 0.25) is 5.91 Å². The van der Waals surface area contributed by atoms with Crippen molar-refractivity contribution < 1.29 is 14.7 Å². The highest BCUT2D eigenvalue weighted by molar-refractivity contribution is 7.99. The fourth-order valence-electron chi connectivity index (χ4n) is 3.21. The van der Waals surface area contributed by atoms with Gasteiger partial charge in [0.1, 0.15) is 0 Å². The summed E-state index contributed by atoms with van der Waals surface area (Å²) >= 11 is 1.75. The van der Waals surface area contributed by atoms with E-state index in [0.717, 1.165) is 43.2 Å². The van der Waals surface area contributed by atoms with Crippen molar-refractivity contribution in [3.8, 4) is 0 Å². The maximum Gasteiger partial charge on any atom is 0.303 e. The van der Waals surface area contributed by atoms with Crippen LogP contribution in [0.25, 0.3) is 0 Å². The van der Waals surface area contributed by atoms with Crippen LogP contribution in [0.1, 0.15) is 64.2 Å². The van der Waals surface area contributed by atoms with Crippen molar-refractivity contribution in [2.24, 2.45) is 5.92 Å². The third kappa shape index (κ3) is 7.73. The Morgan fingerprint density at radius 2 is 2.08 bits per heavy atom. The number of amides is 1. The summed E-state index contributed by atoms with van der Waals surface area (Å²) in [6.07, 6.45) is 14.9. The lowest BCUT2D eigenvalue weighted by Crippen LogP contribution is -2.43. The van der Waals surface area contributed by atoms with Crippen LogP contribution in [0.2, 0.25) is 0 Å². The number of hydrogen-bond donors (Lipinski definition) is 1. The van der Waals surface area contributed by atoms with E-state index in [0.29, 0.717) is 12.8 Å². The second-order valence-electron chi connectivity index (χ2n) is 6.96. The summed E-state index contributed by atoms with van der Waals surface area (Å²) in [6.45, 7) is 0.785. The summed E-state index contributed by atoms with van der Waals surface area (Å²) in [4.78, 5) is 24.7. The van der Waals surface area contributed by atoms with Crippen LogP contribution >= 0.6 is 11.8 Å². The van der Waals surface area contributed by atoms with Crippen LogP contribution in [0.5, 0.6) is 0 Å². The molecule has 1 atom stereocenters. The van der Waals surface area contributed by atoms with E-state index in [1.165, 1.54) is 25.7 Å². The predicted octanol–water partition coefficient (Wildman–Crippen LogP) is 4.10. The van der Waals surface area contributed by atoms with Crippen molar-refractivity contribution in [2.75, 3.05) is 18.1 Å². The molecule has 0 aromatic rings. The van der Waals surface area contributed by atoms with Crippen LogP contribution in [-0.4, -0.2) is 46.0 Å². The lowest BCUT2D eigenvalue weighted by Gasteiger charge is -2.34. The van der Waals surface area contributed by atoms with Crippen LogP contribution in [-0.2, 0) is 9.59 Å². The molecule has 4 nitrogen and oxygen atoms in total. The zero-order valence-corrected chi connectivity index (χ0v) is 15.4. The first-order chi connectivity index (χ1) is 11.7. The molecular formula is C19H31NO3S. The number of thioether (sulfide) groups is 1. The van der Waals surface area contributed by atoms with E-state index in [1.54, 1.807) is 11.8 Å². The third-order valence-corrected chi connectivity index (χ3v) is 5.85. The molecule has 1 amide bonds. The molecule has 1 N–H and O–H groups in total. The Morgan fingerprint density at radius 1 is 1.25 bits per heavy atom. The van der Waals surface area contributed by atoms with Gasteiger partial charge in [0.25, 0.3) is 0 Å². The molecule has 0 aromatic heterocycles. The van der Waals surface area contributed by atoms with Crippen LogP contribution in [0, 0.1) is 5.92 Å². The third-order valence-electron chi connectivity index (χ3n) is 4.81. The SMILES string of the molecule is O=C(O)CCCSCCN1C(=O)CCCC1/C=C/CCCC1CC1. The molecule has 2 fully saturated rings. The highest BCUT2D eigenvalue weighted by Gasteiger charge is 2.25. The molecule has 5 heteroatoms. The van der Waals surface area contributed by atoms with Crippen molar-refractivity contribution in [3.05, 3.63) is 12.2 Å². The minimum atomic E-state index is -0.728. The quantitative estimate of drug-likeness (QED) is 0.424. The number of aliphatic carboxylic acids is 1. The molecule has 2 rings (SSSR count). The summed E-state index contributed by atoms with van der Waals surface area (Å²) in [7, 11) is 0. The lowest BCUT2D eigenvalue weighted by atomic mass is 10.0. The summed E-state index contributed by atoms with van der Waals surface area (Å²) in [6, 6.07) is 0.270. The number of carboxylic acids is 1. The molecule has 1 saturated heterocycles. The first kappa shape index (κ1) is 19.4. The Kier molecular flexibility index (Phi) is 8.71. The van der Waals surface area contributed by atoms with Crippen LogP contribution in [0.15, 0.2) is 12.2 Å². The lowest BCUT2D eigenvalue weighted by molar-refractivity contribution is -0.137. The zero-order valence-electron chi connectivity index (χ0n) is 14.6. The molecule has 1 saturated carbocycles. The second kappa shape index (κ2) is 10.8. The maximum atomic E-state index is 12.2. The molecule has 2 aliphatic rings. The van der Waals surface area contributed by atoms with Crippen molar-refractivity contribution >= 4 is 23.6 Å². The van der Waals surface area contributed by atoms with Crippen LogP contribution in [0.3, 0.4) is 0 Å². The number of piperidine rings is 1. The minimum absolute atomic E-state index is 0.238. The normalized spacial score (nSPS) is 21.6. The van der Waals surface area contributed by atoms with Gasteiger partial charge in [-0.25, -0.2) is 0 Å². The van der Waals surface area contributed by atoms with Gasteiger partial charge >= 0.3 is 5.97 Å². The Hall–Kier alpha value is -0.970. The van der Waals surface area contributed by atoms with E-state index in [1.807, 2.05) is 4.90 Å². The molecule has 0 spiro atoms. The molecule has 1 aliphatic carbocycles. The van der Waals surface area contributed by atoms with Crippen molar-refractivity contribution in [3.63, 3.8) is 0 Å². The number of carbonyl (C=O) groups is 2. The van der Waals surface area contributed by atoms with Crippen LogP contribution < -0.4 is 0 Å². The average Bonchev–Trinajstić information content (AvgIpc) is 3.36. The van der Waals surface area contributed by atoms with Gasteiger partial charge in [-0.2, -0.15) is 11.8 Å². The van der Waals surface area contributed by atoms with Gasteiger partial charge in [0.15, 0.2) is 0 Å². The zero-order chi connectivity index (χ0) is 17.2. The Balaban J connectivity index is 1.64. The van der Waals surface area contributed by atoms with Gasteiger partial charge < -0.3 is 10.0 Å². The molecule has 0 aromatic carbocycles. The van der Waals surface area contributed by atoms with Gasteiger partial charge in [0.05, 0.1) is 0 Å². The van der Waals surface area contributed by atoms with E-state index >= 15 is 0 Å². The largest absolute Gasteiger partial charge is 0.481 e. The average molecular weight is 354 g/mol. The van der Waals surface area contributed by atoms with Crippen molar-refractivity contribution in [1.82, 2.24) is 4.90 Å². The van der Waals surface area contributed by atoms with Gasteiger partial charge in [0, 0.05) is 31.2 Å².